The Hall–Kier alpha value is -2.69. The van der Waals surface area contributed by atoms with Crippen LogP contribution in [0, 0.1) is 13.8 Å². The van der Waals surface area contributed by atoms with Gasteiger partial charge in [-0.15, -0.1) is 0 Å². The highest BCUT2D eigenvalue weighted by Gasteiger charge is 2.15. The summed E-state index contributed by atoms with van der Waals surface area (Å²) in [6, 6.07) is 11.3. The van der Waals surface area contributed by atoms with Crippen LogP contribution in [0.15, 0.2) is 36.4 Å². The second kappa shape index (κ2) is 9.13. The van der Waals surface area contributed by atoms with Crippen molar-refractivity contribution in [3.8, 4) is 17.2 Å². The zero-order valence-electron chi connectivity index (χ0n) is 16.1. The van der Waals surface area contributed by atoms with Gasteiger partial charge in [0.15, 0.2) is 18.1 Å². The van der Waals surface area contributed by atoms with Gasteiger partial charge in [0.2, 0.25) is 0 Å². The van der Waals surface area contributed by atoms with Crippen LogP contribution in [0.25, 0.3) is 0 Å². The first-order chi connectivity index (χ1) is 12.5. The van der Waals surface area contributed by atoms with E-state index in [0.717, 1.165) is 17.5 Å². The largest absolute Gasteiger partial charge is 0.493 e. The summed E-state index contributed by atoms with van der Waals surface area (Å²) in [6.45, 7) is 6.06. The number of carbonyl (C=O) groups is 1. The van der Waals surface area contributed by atoms with Gasteiger partial charge in [0.25, 0.3) is 5.91 Å². The fourth-order valence-corrected chi connectivity index (χ4v) is 2.68. The first-order valence-corrected chi connectivity index (χ1v) is 8.69. The molecular formula is C21H27NO4. The molecular weight excluding hydrogens is 330 g/mol. The molecule has 0 unspecified atom stereocenters. The van der Waals surface area contributed by atoms with E-state index >= 15 is 0 Å². The number of ether oxygens (including phenoxy) is 3. The van der Waals surface area contributed by atoms with Crippen molar-refractivity contribution in [2.45, 2.75) is 33.2 Å². The zero-order valence-corrected chi connectivity index (χ0v) is 16.1. The lowest BCUT2D eigenvalue weighted by atomic mass is 10.0. The van der Waals surface area contributed by atoms with Crippen molar-refractivity contribution in [1.29, 1.82) is 0 Å². The van der Waals surface area contributed by atoms with Gasteiger partial charge in [0.05, 0.1) is 20.3 Å². The summed E-state index contributed by atoms with van der Waals surface area (Å²) in [5, 5.41) is 3.01. The molecule has 26 heavy (non-hydrogen) atoms. The van der Waals surface area contributed by atoms with Crippen LogP contribution in [-0.2, 0) is 4.79 Å². The van der Waals surface area contributed by atoms with E-state index in [0.29, 0.717) is 17.2 Å². The number of rotatable bonds is 8. The fraction of sp³-hybridized carbons (Fsp3) is 0.381. The maximum absolute atomic E-state index is 12.3. The van der Waals surface area contributed by atoms with Gasteiger partial charge in [-0.1, -0.05) is 19.1 Å². The standard InChI is InChI=1S/C21H27NO4/c1-6-18(16-8-10-19(24-4)20(12-16)25-5)22-21(23)13-26-17-9-7-14(2)15(3)11-17/h7-12,18H,6,13H2,1-5H3,(H,22,23)/t18-/m1/s1. The van der Waals surface area contributed by atoms with Crippen LogP contribution in [0.1, 0.15) is 36.1 Å². The van der Waals surface area contributed by atoms with Crippen molar-refractivity contribution >= 4 is 5.91 Å². The van der Waals surface area contributed by atoms with Crippen LogP contribution >= 0.6 is 0 Å². The molecule has 1 atom stereocenters. The number of hydrogen-bond acceptors (Lipinski definition) is 4. The number of amides is 1. The van der Waals surface area contributed by atoms with E-state index in [1.54, 1.807) is 14.2 Å². The van der Waals surface area contributed by atoms with E-state index in [9.17, 15) is 4.79 Å². The molecule has 1 N–H and O–H groups in total. The minimum absolute atomic E-state index is 0.0215. The first-order valence-electron chi connectivity index (χ1n) is 8.69. The molecule has 1 amide bonds. The van der Waals surface area contributed by atoms with Crippen LogP contribution in [-0.4, -0.2) is 26.7 Å². The van der Waals surface area contributed by atoms with Gasteiger partial charge in [-0.25, -0.2) is 0 Å². The maximum atomic E-state index is 12.3. The molecule has 0 saturated heterocycles. The van der Waals surface area contributed by atoms with E-state index in [4.69, 9.17) is 14.2 Å². The van der Waals surface area contributed by atoms with Crippen LogP contribution in [0.5, 0.6) is 17.2 Å². The molecule has 0 saturated carbocycles. The van der Waals surface area contributed by atoms with Crippen molar-refractivity contribution in [1.82, 2.24) is 5.32 Å². The van der Waals surface area contributed by atoms with Crippen LogP contribution in [0.3, 0.4) is 0 Å². The Bertz CT molecular complexity index is 758. The molecule has 140 valence electrons. The molecule has 5 nitrogen and oxygen atoms in total. The Morgan fingerprint density at radius 1 is 1.00 bits per heavy atom. The van der Waals surface area contributed by atoms with Gasteiger partial charge in [0.1, 0.15) is 5.75 Å². The molecule has 5 heteroatoms. The average Bonchev–Trinajstić information content (AvgIpc) is 2.66. The minimum atomic E-state index is -0.162. The summed E-state index contributed by atoms with van der Waals surface area (Å²) in [6.07, 6.45) is 0.755. The van der Waals surface area contributed by atoms with Crippen molar-refractivity contribution in [3.05, 3.63) is 53.1 Å². The monoisotopic (exact) mass is 357 g/mol. The molecule has 0 aliphatic rings. The summed E-state index contributed by atoms with van der Waals surface area (Å²) in [5.74, 6) is 1.84. The van der Waals surface area contributed by atoms with E-state index in [-0.39, 0.29) is 18.6 Å². The molecule has 0 fully saturated rings. The minimum Gasteiger partial charge on any atom is -0.493 e. The Labute approximate surface area is 155 Å². The molecule has 2 aromatic carbocycles. The van der Waals surface area contributed by atoms with Crippen molar-refractivity contribution in [2.24, 2.45) is 0 Å². The lowest BCUT2D eigenvalue weighted by Gasteiger charge is -2.19. The average molecular weight is 357 g/mol. The SMILES string of the molecule is CC[C@@H](NC(=O)COc1ccc(C)c(C)c1)c1ccc(OC)c(OC)c1. The summed E-state index contributed by atoms with van der Waals surface area (Å²) < 4.78 is 16.2. The zero-order chi connectivity index (χ0) is 19.1. The van der Waals surface area contributed by atoms with Gasteiger partial charge in [0, 0.05) is 0 Å². The first kappa shape index (κ1) is 19.6. The Kier molecular flexibility index (Phi) is 6.89. The molecule has 0 spiro atoms. The molecule has 2 rings (SSSR count). The quantitative estimate of drug-likeness (QED) is 0.777. The number of nitrogens with one attached hydrogen (secondary N) is 1. The molecule has 0 aliphatic carbocycles. The number of benzene rings is 2. The Morgan fingerprint density at radius 3 is 2.35 bits per heavy atom. The molecule has 2 aromatic rings. The van der Waals surface area contributed by atoms with Gasteiger partial charge < -0.3 is 19.5 Å². The van der Waals surface area contributed by atoms with Gasteiger partial charge >= 0.3 is 0 Å². The number of carbonyl (C=O) groups excluding carboxylic acids is 1. The third kappa shape index (κ3) is 4.91. The van der Waals surface area contributed by atoms with Crippen molar-refractivity contribution < 1.29 is 19.0 Å². The summed E-state index contributed by atoms with van der Waals surface area (Å²) in [4.78, 5) is 12.3. The number of hydrogen-bond donors (Lipinski definition) is 1. The molecule has 0 radical (unpaired) electrons. The predicted octanol–water partition coefficient (Wildman–Crippen LogP) is 3.97. The Balaban J connectivity index is 2.00. The highest BCUT2D eigenvalue weighted by molar-refractivity contribution is 5.78. The van der Waals surface area contributed by atoms with E-state index < -0.39 is 0 Å². The lowest BCUT2D eigenvalue weighted by Crippen LogP contribution is -2.32. The maximum Gasteiger partial charge on any atom is 0.258 e. The second-order valence-electron chi connectivity index (χ2n) is 6.18. The van der Waals surface area contributed by atoms with Crippen LogP contribution in [0.4, 0.5) is 0 Å². The van der Waals surface area contributed by atoms with E-state index in [2.05, 4.69) is 5.32 Å². The highest BCUT2D eigenvalue weighted by atomic mass is 16.5. The number of methoxy groups -OCH3 is 2. The third-order valence-electron chi connectivity index (χ3n) is 4.40. The van der Waals surface area contributed by atoms with Gasteiger partial charge in [-0.3, -0.25) is 4.79 Å². The molecule has 0 aromatic heterocycles. The van der Waals surface area contributed by atoms with E-state index in [1.807, 2.05) is 57.2 Å². The summed E-state index contributed by atoms with van der Waals surface area (Å²) in [5.41, 5.74) is 3.30. The molecule has 0 aliphatic heterocycles. The predicted molar refractivity (Wildman–Crippen MR) is 102 cm³/mol. The topological polar surface area (TPSA) is 56.8 Å². The fourth-order valence-electron chi connectivity index (χ4n) is 2.68. The molecule has 0 heterocycles. The highest BCUT2D eigenvalue weighted by Crippen LogP contribution is 2.30. The van der Waals surface area contributed by atoms with Gasteiger partial charge in [-0.2, -0.15) is 0 Å². The second-order valence-corrected chi connectivity index (χ2v) is 6.18. The number of aryl methyl sites for hydroxylation is 2. The smallest absolute Gasteiger partial charge is 0.258 e. The summed E-state index contributed by atoms with van der Waals surface area (Å²) >= 11 is 0. The molecule has 0 bridgehead atoms. The van der Waals surface area contributed by atoms with Gasteiger partial charge in [-0.05, 0) is 61.2 Å². The van der Waals surface area contributed by atoms with E-state index in [1.165, 1.54) is 5.56 Å². The third-order valence-corrected chi connectivity index (χ3v) is 4.40. The Morgan fingerprint density at radius 2 is 1.73 bits per heavy atom. The van der Waals surface area contributed by atoms with Crippen molar-refractivity contribution in [3.63, 3.8) is 0 Å². The normalized spacial score (nSPS) is 11.6. The van der Waals surface area contributed by atoms with Crippen LogP contribution < -0.4 is 19.5 Å². The summed E-state index contributed by atoms with van der Waals surface area (Å²) in [7, 11) is 3.19. The van der Waals surface area contributed by atoms with Crippen LogP contribution in [0.2, 0.25) is 0 Å². The van der Waals surface area contributed by atoms with Crippen molar-refractivity contribution in [2.75, 3.05) is 20.8 Å². The lowest BCUT2D eigenvalue weighted by molar-refractivity contribution is -0.123.